The summed E-state index contributed by atoms with van der Waals surface area (Å²) in [5.41, 5.74) is 0.643. The quantitative estimate of drug-likeness (QED) is 0.610. The minimum atomic E-state index is -0.584. The highest BCUT2D eigenvalue weighted by molar-refractivity contribution is 6.01. The third kappa shape index (κ3) is 2.84. The lowest BCUT2D eigenvalue weighted by Crippen LogP contribution is -2.67. The van der Waals surface area contributed by atoms with Crippen molar-refractivity contribution in [2.75, 3.05) is 20.2 Å². The average Bonchev–Trinajstić information content (AvgIpc) is 2.50. The van der Waals surface area contributed by atoms with Gasteiger partial charge in [-0.3, -0.25) is 9.59 Å². The van der Waals surface area contributed by atoms with Gasteiger partial charge in [-0.15, -0.1) is 0 Å². The number of carbonyl (C=O) groups excluding carboxylic acids is 3. The summed E-state index contributed by atoms with van der Waals surface area (Å²) in [6.45, 7) is 2.39. The summed E-state index contributed by atoms with van der Waals surface area (Å²) < 4.78 is 10.5. The van der Waals surface area contributed by atoms with Gasteiger partial charge < -0.3 is 14.4 Å². The van der Waals surface area contributed by atoms with E-state index in [1.54, 1.807) is 29.2 Å². The average molecular weight is 315 g/mol. The first-order chi connectivity index (χ1) is 10.9. The molecule has 0 N–H and O–H groups in total. The number of likely N-dealkylation sites (tertiary alicyclic amines) is 1. The molecule has 1 spiro atoms. The van der Waals surface area contributed by atoms with Crippen LogP contribution in [0.5, 0.6) is 5.75 Å². The van der Waals surface area contributed by atoms with Crippen LogP contribution < -0.4 is 4.74 Å². The number of esters is 1. The maximum Gasteiger partial charge on any atom is 0.330 e. The number of methoxy groups -OCH3 is 1. The number of carbonyl (C=O) groups is 3. The summed E-state index contributed by atoms with van der Waals surface area (Å²) in [6, 6.07) is 5.19. The molecule has 0 saturated carbocycles. The summed E-state index contributed by atoms with van der Waals surface area (Å²) in [4.78, 5) is 36.5. The molecule has 0 aliphatic carbocycles. The number of ketones is 1. The lowest BCUT2D eigenvalue weighted by Gasteiger charge is -2.50. The van der Waals surface area contributed by atoms with Gasteiger partial charge in [0, 0.05) is 13.0 Å². The van der Waals surface area contributed by atoms with Gasteiger partial charge in [0.1, 0.15) is 5.75 Å². The van der Waals surface area contributed by atoms with Crippen LogP contribution in [0, 0.1) is 0 Å². The maximum atomic E-state index is 12.4. The summed E-state index contributed by atoms with van der Waals surface area (Å²) in [5.74, 6) is 0.0475. The molecule has 1 amide bonds. The standard InChI is InChI=1S/C17H17NO5/c1-11(19)18-9-17(10-18)8-14(20)13-7-12(3-5-15(13)23-17)4-6-16(21)22-2/h3-7H,8-10H2,1-2H3. The molecule has 2 aliphatic heterocycles. The van der Waals surface area contributed by atoms with Crippen molar-refractivity contribution in [3.05, 3.63) is 35.4 Å². The van der Waals surface area contributed by atoms with Gasteiger partial charge in [-0.2, -0.15) is 0 Å². The van der Waals surface area contributed by atoms with Crippen LogP contribution in [0.1, 0.15) is 29.3 Å². The fraction of sp³-hybridized carbons (Fsp3) is 0.353. The molecule has 1 aromatic carbocycles. The highest BCUT2D eigenvalue weighted by Crippen LogP contribution is 2.39. The van der Waals surface area contributed by atoms with Crippen molar-refractivity contribution < 1.29 is 23.9 Å². The van der Waals surface area contributed by atoms with Gasteiger partial charge >= 0.3 is 5.97 Å². The van der Waals surface area contributed by atoms with Crippen molar-refractivity contribution in [3.8, 4) is 5.75 Å². The summed E-state index contributed by atoms with van der Waals surface area (Å²) in [7, 11) is 1.30. The van der Waals surface area contributed by atoms with Crippen molar-refractivity contribution >= 4 is 23.7 Å². The molecule has 2 heterocycles. The van der Waals surface area contributed by atoms with Crippen molar-refractivity contribution in [2.45, 2.75) is 18.9 Å². The Balaban J connectivity index is 1.79. The largest absolute Gasteiger partial charge is 0.482 e. The van der Waals surface area contributed by atoms with E-state index in [2.05, 4.69) is 4.74 Å². The molecule has 6 heteroatoms. The van der Waals surface area contributed by atoms with Crippen LogP contribution in [0.3, 0.4) is 0 Å². The van der Waals surface area contributed by atoms with Crippen LogP contribution in [0.25, 0.3) is 6.08 Å². The minimum absolute atomic E-state index is 0.0113. The zero-order chi connectivity index (χ0) is 16.6. The van der Waals surface area contributed by atoms with Crippen LogP contribution in [0.15, 0.2) is 24.3 Å². The first-order valence-corrected chi connectivity index (χ1v) is 7.30. The van der Waals surface area contributed by atoms with E-state index >= 15 is 0 Å². The Morgan fingerprint density at radius 1 is 1.35 bits per heavy atom. The monoisotopic (exact) mass is 315 g/mol. The Bertz CT molecular complexity index is 716. The number of Topliss-reactive ketones (excluding diaryl/α,β-unsaturated/α-hetero) is 1. The fourth-order valence-electron chi connectivity index (χ4n) is 2.90. The number of nitrogens with zero attached hydrogens (tertiary/aromatic N) is 1. The van der Waals surface area contributed by atoms with Gasteiger partial charge in [-0.05, 0) is 23.8 Å². The second-order valence-electron chi connectivity index (χ2n) is 5.87. The molecule has 1 saturated heterocycles. The van der Waals surface area contributed by atoms with Crippen LogP contribution in [-0.4, -0.2) is 48.4 Å². The molecular weight excluding hydrogens is 298 g/mol. The lowest BCUT2D eigenvalue weighted by atomic mass is 9.83. The number of hydrogen-bond acceptors (Lipinski definition) is 5. The summed E-state index contributed by atoms with van der Waals surface area (Å²) in [6.07, 6.45) is 3.15. The highest BCUT2D eigenvalue weighted by atomic mass is 16.5. The number of hydrogen-bond donors (Lipinski definition) is 0. The Kier molecular flexibility index (Phi) is 3.67. The first kappa shape index (κ1) is 15.3. The Morgan fingerprint density at radius 3 is 2.74 bits per heavy atom. The third-order valence-electron chi connectivity index (χ3n) is 4.13. The van der Waals surface area contributed by atoms with Gasteiger partial charge in [0.25, 0.3) is 0 Å². The van der Waals surface area contributed by atoms with Gasteiger partial charge in [-0.1, -0.05) is 6.07 Å². The molecule has 23 heavy (non-hydrogen) atoms. The van der Waals surface area contributed by atoms with E-state index < -0.39 is 11.6 Å². The number of rotatable bonds is 2. The van der Waals surface area contributed by atoms with E-state index in [1.165, 1.54) is 20.1 Å². The van der Waals surface area contributed by atoms with Gasteiger partial charge in [0.05, 0.1) is 32.2 Å². The van der Waals surface area contributed by atoms with Crippen LogP contribution in [-0.2, 0) is 14.3 Å². The molecule has 1 fully saturated rings. The number of fused-ring (bicyclic) bond motifs is 1. The van der Waals surface area contributed by atoms with Crippen molar-refractivity contribution in [2.24, 2.45) is 0 Å². The molecule has 6 nitrogen and oxygen atoms in total. The van der Waals surface area contributed by atoms with Crippen molar-refractivity contribution in [1.29, 1.82) is 0 Å². The van der Waals surface area contributed by atoms with E-state index in [9.17, 15) is 14.4 Å². The second kappa shape index (κ2) is 5.53. The Labute approximate surface area is 133 Å². The Morgan fingerprint density at radius 2 is 2.09 bits per heavy atom. The van der Waals surface area contributed by atoms with Crippen LogP contribution >= 0.6 is 0 Å². The third-order valence-corrected chi connectivity index (χ3v) is 4.13. The molecule has 1 aromatic rings. The predicted octanol–water partition coefficient (Wildman–Crippen LogP) is 1.44. The summed E-state index contributed by atoms with van der Waals surface area (Å²) in [5, 5.41) is 0. The van der Waals surface area contributed by atoms with Crippen molar-refractivity contribution in [1.82, 2.24) is 4.90 Å². The SMILES string of the molecule is COC(=O)C=Cc1ccc2c(c1)C(=O)CC1(CN(C(C)=O)C1)O2. The lowest BCUT2D eigenvalue weighted by molar-refractivity contribution is -0.148. The van der Waals surface area contributed by atoms with E-state index in [-0.39, 0.29) is 18.1 Å². The molecule has 0 atom stereocenters. The van der Waals surface area contributed by atoms with Crippen molar-refractivity contribution in [3.63, 3.8) is 0 Å². The second-order valence-corrected chi connectivity index (χ2v) is 5.87. The fourth-order valence-corrected chi connectivity index (χ4v) is 2.90. The normalized spacial score (nSPS) is 18.3. The van der Waals surface area contributed by atoms with Crippen LogP contribution in [0.4, 0.5) is 0 Å². The molecule has 2 aliphatic rings. The summed E-state index contributed by atoms with van der Waals surface area (Å²) >= 11 is 0. The molecule has 120 valence electrons. The van der Waals surface area contributed by atoms with Crippen LogP contribution in [0.2, 0.25) is 0 Å². The molecular formula is C17H17NO5. The van der Waals surface area contributed by atoms with E-state index in [4.69, 9.17) is 4.74 Å². The van der Waals surface area contributed by atoms with E-state index in [1.807, 2.05) is 0 Å². The minimum Gasteiger partial charge on any atom is -0.482 e. The van der Waals surface area contributed by atoms with Gasteiger partial charge in [0.2, 0.25) is 5.91 Å². The van der Waals surface area contributed by atoms with E-state index in [0.29, 0.717) is 24.4 Å². The zero-order valence-corrected chi connectivity index (χ0v) is 13.0. The number of ether oxygens (including phenoxy) is 2. The number of amides is 1. The smallest absolute Gasteiger partial charge is 0.330 e. The molecule has 0 aromatic heterocycles. The number of benzene rings is 1. The predicted molar refractivity (Wildman–Crippen MR) is 82.1 cm³/mol. The zero-order valence-electron chi connectivity index (χ0n) is 13.0. The van der Waals surface area contributed by atoms with Gasteiger partial charge in [-0.25, -0.2) is 4.79 Å². The molecule has 3 rings (SSSR count). The topological polar surface area (TPSA) is 72.9 Å². The highest BCUT2D eigenvalue weighted by Gasteiger charge is 2.50. The van der Waals surface area contributed by atoms with E-state index in [0.717, 1.165) is 5.56 Å². The van der Waals surface area contributed by atoms with Gasteiger partial charge in [0.15, 0.2) is 11.4 Å². The first-order valence-electron chi connectivity index (χ1n) is 7.30. The molecule has 0 bridgehead atoms. The maximum absolute atomic E-state index is 12.4. The Hall–Kier alpha value is -2.63. The molecule has 0 unspecified atom stereocenters. The molecule has 0 radical (unpaired) electrons.